The van der Waals surface area contributed by atoms with Gasteiger partial charge in [0, 0.05) is 18.7 Å². The van der Waals surface area contributed by atoms with Gasteiger partial charge in [-0.25, -0.2) is 8.42 Å². The van der Waals surface area contributed by atoms with Gasteiger partial charge in [0.1, 0.15) is 0 Å². The Kier molecular flexibility index (Phi) is 6.97. The van der Waals surface area contributed by atoms with Gasteiger partial charge < -0.3 is 4.90 Å². The molecule has 2 aromatic carbocycles. The van der Waals surface area contributed by atoms with Gasteiger partial charge in [-0.3, -0.25) is 9.52 Å². The largest absolute Gasteiger partial charge is 0.339 e. The van der Waals surface area contributed by atoms with Crippen LogP contribution in [0.15, 0.2) is 53.4 Å². The lowest BCUT2D eigenvalue weighted by atomic mass is 10.2. The standard InChI is InChI=1S/C20H23N3O3S/c1-3-11-23(12-4-2)20(24)17-8-6-10-19(14-17)27(25,26)22-18-9-5-7-16(13-18)15-21/h5-10,13-14,22H,3-4,11-12H2,1-2H3. The first-order chi connectivity index (χ1) is 12.9. The summed E-state index contributed by atoms with van der Waals surface area (Å²) in [5, 5.41) is 8.94. The Balaban J connectivity index is 2.29. The molecule has 0 bridgehead atoms. The average molecular weight is 385 g/mol. The predicted molar refractivity (Wildman–Crippen MR) is 105 cm³/mol. The van der Waals surface area contributed by atoms with Crippen LogP contribution in [-0.2, 0) is 10.0 Å². The molecule has 0 saturated heterocycles. The Hall–Kier alpha value is -2.85. The number of nitrogens with zero attached hydrogens (tertiary/aromatic N) is 2. The molecular formula is C20H23N3O3S. The first kappa shape index (κ1) is 20.5. The molecule has 7 heteroatoms. The van der Waals surface area contributed by atoms with Gasteiger partial charge in [0.05, 0.1) is 22.2 Å². The second-order valence-corrected chi connectivity index (χ2v) is 7.80. The summed E-state index contributed by atoms with van der Waals surface area (Å²) in [5.41, 5.74) is 0.990. The number of rotatable bonds is 8. The third-order valence-corrected chi connectivity index (χ3v) is 5.29. The zero-order valence-corrected chi connectivity index (χ0v) is 16.3. The third-order valence-electron chi connectivity index (χ3n) is 3.91. The zero-order valence-electron chi connectivity index (χ0n) is 15.5. The zero-order chi connectivity index (χ0) is 19.9. The van der Waals surface area contributed by atoms with Gasteiger partial charge in [0.25, 0.3) is 15.9 Å². The van der Waals surface area contributed by atoms with Crippen molar-refractivity contribution >= 4 is 21.6 Å². The van der Waals surface area contributed by atoms with Crippen molar-refractivity contribution in [1.82, 2.24) is 4.90 Å². The maximum absolute atomic E-state index is 12.7. The summed E-state index contributed by atoms with van der Waals surface area (Å²) >= 11 is 0. The van der Waals surface area contributed by atoms with Crippen LogP contribution in [0.5, 0.6) is 0 Å². The second-order valence-electron chi connectivity index (χ2n) is 6.12. The number of benzene rings is 2. The first-order valence-corrected chi connectivity index (χ1v) is 10.3. The number of carbonyl (C=O) groups excluding carboxylic acids is 1. The summed E-state index contributed by atoms with van der Waals surface area (Å²) in [7, 11) is -3.87. The minimum absolute atomic E-state index is 0.00339. The number of hydrogen-bond acceptors (Lipinski definition) is 4. The van der Waals surface area contributed by atoms with E-state index in [4.69, 9.17) is 5.26 Å². The van der Waals surface area contributed by atoms with Crippen molar-refractivity contribution in [2.24, 2.45) is 0 Å². The molecule has 0 atom stereocenters. The number of anilines is 1. The number of nitrogens with one attached hydrogen (secondary N) is 1. The molecule has 0 aromatic heterocycles. The Bertz CT molecular complexity index is 943. The topological polar surface area (TPSA) is 90.3 Å². The molecule has 0 unspecified atom stereocenters. The second kappa shape index (κ2) is 9.19. The van der Waals surface area contributed by atoms with Crippen LogP contribution in [0, 0.1) is 11.3 Å². The number of amides is 1. The van der Waals surface area contributed by atoms with Crippen molar-refractivity contribution in [1.29, 1.82) is 5.26 Å². The van der Waals surface area contributed by atoms with E-state index in [1.807, 2.05) is 19.9 Å². The molecule has 142 valence electrons. The van der Waals surface area contributed by atoms with Gasteiger partial charge in [0.2, 0.25) is 0 Å². The fourth-order valence-electron chi connectivity index (χ4n) is 2.70. The summed E-state index contributed by atoms with van der Waals surface area (Å²) < 4.78 is 27.8. The number of carbonyl (C=O) groups is 1. The lowest BCUT2D eigenvalue weighted by Crippen LogP contribution is -2.32. The molecule has 0 aliphatic rings. The molecule has 27 heavy (non-hydrogen) atoms. The van der Waals surface area contributed by atoms with Crippen LogP contribution in [-0.4, -0.2) is 32.3 Å². The van der Waals surface area contributed by atoms with Crippen LogP contribution in [0.4, 0.5) is 5.69 Å². The minimum Gasteiger partial charge on any atom is -0.339 e. The summed E-state index contributed by atoms with van der Waals surface area (Å²) in [6.07, 6.45) is 1.67. The van der Waals surface area contributed by atoms with Crippen molar-refractivity contribution in [3.8, 4) is 6.07 Å². The van der Waals surface area contributed by atoms with Crippen molar-refractivity contribution < 1.29 is 13.2 Å². The molecular weight excluding hydrogens is 362 g/mol. The highest BCUT2D eigenvalue weighted by Gasteiger charge is 2.19. The van der Waals surface area contributed by atoms with E-state index in [0.29, 0.717) is 29.9 Å². The van der Waals surface area contributed by atoms with Crippen LogP contribution in [0.25, 0.3) is 0 Å². The molecule has 2 rings (SSSR count). The molecule has 0 heterocycles. The fraction of sp³-hybridized carbons (Fsp3) is 0.300. The lowest BCUT2D eigenvalue weighted by molar-refractivity contribution is 0.0755. The van der Waals surface area contributed by atoms with Crippen molar-refractivity contribution in [3.63, 3.8) is 0 Å². The smallest absolute Gasteiger partial charge is 0.261 e. The molecule has 0 fully saturated rings. The Morgan fingerprint density at radius 3 is 2.37 bits per heavy atom. The molecule has 0 aliphatic heterocycles. The van der Waals surface area contributed by atoms with Gasteiger partial charge in [-0.1, -0.05) is 26.0 Å². The van der Waals surface area contributed by atoms with E-state index >= 15 is 0 Å². The van der Waals surface area contributed by atoms with Gasteiger partial charge in [0.15, 0.2) is 0 Å². The van der Waals surface area contributed by atoms with Gasteiger partial charge in [-0.2, -0.15) is 5.26 Å². The summed E-state index contributed by atoms with van der Waals surface area (Å²) in [6.45, 7) is 5.25. The molecule has 0 saturated carbocycles. The Morgan fingerprint density at radius 1 is 1.07 bits per heavy atom. The van der Waals surface area contributed by atoms with E-state index in [-0.39, 0.29) is 10.8 Å². The number of nitriles is 1. The van der Waals surface area contributed by atoms with E-state index in [9.17, 15) is 13.2 Å². The summed E-state index contributed by atoms with van der Waals surface area (Å²) in [4.78, 5) is 14.5. The third kappa shape index (κ3) is 5.31. The molecule has 1 N–H and O–H groups in total. The number of hydrogen-bond donors (Lipinski definition) is 1. The Morgan fingerprint density at radius 2 is 1.74 bits per heavy atom. The van der Waals surface area contributed by atoms with Gasteiger partial charge in [-0.05, 0) is 49.2 Å². The fourth-order valence-corrected chi connectivity index (χ4v) is 3.79. The number of sulfonamides is 1. The molecule has 2 aromatic rings. The van der Waals surface area contributed by atoms with E-state index in [1.54, 1.807) is 35.2 Å². The predicted octanol–water partition coefficient (Wildman–Crippen LogP) is 3.62. The van der Waals surface area contributed by atoms with Crippen LogP contribution in [0.1, 0.15) is 42.6 Å². The van der Waals surface area contributed by atoms with E-state index in [2.05, 4.69) is 4.72 Å². The van der Waals surface area contributed by atoms with E-state index in [0.717, 1.165) is 12.8 Å². The van der Waals surface area contributed by atoms with E-state index < -0.39 is 10.0 Å². The SMILES string of the molecule is CCCN(CCC)C(=O)c1cccc(S(=O)(=O)Nc2cccc(C#N)c2)c1. The molecule has 0 aliphatic carbocycles. The highest BCUT2D eigenvalue weighted by Crippen LogP contribution is 2.19. The highest BCUT2D eigenvalue weighted by atomic mass is 32.2. The van der Waals surface area contributed by atoms with Crippen LogP contribution in [0.2, 0.25) is 0 Å². The molecule has 1 amide bonds. The van der Waals surface area contributed by atoms with Crippen LogP contribution in [0.3, 0.4) is 0 Å². The van der Waals surface area contributed by atoms with Crippen LogP contribution < -0.4 is 4.72 Å². The summed E-state index contributed by atoms with van der Waals surface area (Å²) in [5.74, 6) is -0.178. The van der Waals surface area contributed by atoms with Gasteiger partial charge >= 0.3 is 0 Å². The first-order valence-electron chi connectivity index (χ1n) is 8.83. The van der Waals surface area contributed by atoms with Crippen molar-refractivity contribution in [2.45, 2.75) is 31.6 Å². The van der Waals surface area contributed by atoms with Crippen LogP contribution >= 0.6 is 0 Å². The maximum Gasteiger partial charge on any atom is 0.261 e. The van der Waals surface area contributed by atoms with Crippen molar-refractivity contribution in [2.75, 3.05) is 17.8 Å². The average Bonchev–Trinajstić information content (AvgIpc) is 2.67. The Labute approximate surface area is 160 Å². The van der Waals surface area contributed by atoms with E-state index in [1.165, 1.54) is 18.2 Å². The monoisotopic (exact) mass is 385 g/mol. The summed E-state index contributed by atoms with van der Waals surface area (Å²) in [6, 6.07) is 14.2. The lowest BCUT2D eigenvalue weighted by Gasteiger charge is -2.21. The maximum atomic E-state index is 12.7. The molecule has 0 spiro atoms. The van der Waals surface area contributed by atoms with Crippen molar-refractivity contribution in [3.05, 3.63) is 59.7 Å². The highest BCUT2D eigenvalue weighted by molar-refractivity contribution is 7.92. The van der Waals surface area contributed by atoms with Gasteiger partial charge in [-0.15, -0.1) is 0 Å². The molecule has 0 radical (unpaired) electrons. The molecule has 6 nitrogen and oxygen atoms in total. The quantitative estimate of drug-likeness (QED) is 0.751. The normalized spacial score (nSPS) is 10.9. The minimum atomic E-state index is -3.87.